The number of nitrogens with zero attached hydrogens (tertiary/aromatic N) is 1. The molecule has 1 heterocycles. The number of pyridine rings is 1. The van der Waals surface area contributed by atoms with Crippen molar-refractivity contribution in [2.24, 2.45) is 5.92 Å². The minimum absolute atomic E-state index is 0.00777. The molecule has 0 aliphatic carbocycles. The first-order valence-electron chi connectivity index (χ1n) is 6.30. The summed E-state index contributed by atoms with van der Waals surface area (Å²) in [6, 6.07) is 3.06. The molecule has 0 spiro atoms. The first-order chi connectivity index (χ1) is 9.06. The molecule has 0 aliphatic rings. The summed E-state index contributed by atoms with van der Waals surface area (Å²) in [7, 11) is 0. The number of aliphatic hydroxyl groups is 1. The SMILES string of the molecule is CCC(CCO)CNC(=O)Cn1cc(Br)ccc1=O. The Hall–Kier alpha value is -1.14. The Morgan fingerprint density at radius 2 is 2.26 bits per heavy atom. The summed E-state index contributed by atoms with van der Waals surface area (Å²) in [5.74, 6) is 0.0739. The summed E-state index contributed by atoms with van der Waals surface area (Å²) in [5, 5.41) is 11.7. The van der Waals surface area contributed by atoms with Gasteiger partial charge in [0.25, 0.3) is 5.56 Å². The van der Waals surface area contributed by atoms with Crippen molar-refractivity contribution in [3.8, 4) is 0 Å². The number of aromatic nitrogens is 1. The molecule has 0 saturated carbocycles. The van der Waals surface area contributed by atoms with Gasteiger partial charge in [0.15, 0.2) is 0 Å². The van der Waals surface area contributed by atoms with Gasteiger partial charge in [-0.15, -0.1) is 0 Å². The Kier molecular flexibility index (Phi) is 6.80. The molecule has 0 aromatic carbocycles. The fourth-order valence-electron chi connectivity index (χ4n) is 1.73. The number of rotatable bonds is 7. The number of amides is 1. The van der Waals surface area contributed by atoms with Gasteiger partial charge in [-0.1, -0.05) is 13.3 Å². The van der Waals surface area contributed by atoms with Crippen molar-refractivity contribution in [2.75, 3.05) is 13.2 Å². The average molecular weight is 331 g/mol. The van der Waals surface area contributed by atoms with Gasteiger partial charge < -0.3 is 15.0 Å². The largest absolute Gasteiger partial charge is 0.396 e. The van der Waals surface area contributed by atoms with Crippen molar-refractivity contribution < 1.29 is 9.90 Å². The lowest BCUT2D eigenvalue weighted by Gasteiger charge is -2.14. The zero-order valence-electron chi connectivity index (χ0n) is 10.9. The van der Waals surface area contributed by atoms with E-state index in [4.69, 9.17) is 5.11 Å². The zero-order chi connectivity index (χ0) is 14.3. The fraction of sp³-hybridized carbons (Fsp3) is 0.538. The van der Waals surface area contributed by atoms with E-state index in [2.05, 4.69) is 21.2 Å². The fourth-order valence-corrected chi connectivity index (χ4v) is 2.11. The predicted octanol–water partition coefficient (Wildman–Crippen LogP) is 1.14. The first-order valence-corrected chi connectivity index (χ1v) is 7.09. The molecule has 1 rings (SSSR count). The second kappa shape index (κ2) is 8.12. The third-order valence-corrected chi connectivity index (χ3v) is 3.43. The van der Waals surface area contributed by atoms with E-state index < -0.39 is 0 Å². The molecule has 2 N–H and O–H groups in total. The van der Waals surface area contributed by atoms with E-state index in [0.717, 1.165) is 10.9 Å². The van der Waals surface area contributed by atoms with E-state index in [1.807, 2.05) is 6.92 Å². The third kappa shape index (κ3) is 5.57. The van der Waals surface area contributed by atoms with Crippen LogP contribution in [0.4, 0.5) is 0 Å². The molecule has 1 aromatic heterocycles. The van der Waals surface area contributed by atoms with Crippen LogP contribution in [0.25, 0.3) is 0 Å². The van der Waals surface area contributed by atoms with Crippen LogP contribution in [0.5, 0.6) is 0 Å². The van der Waals surface area contributed by atoms with E-state index in [0.29, 0.717) is 13.0 Å². The van der Waals surface area contributed by atoms with Crippen LogP contribution >= 0.6 is 15.9 Å². The lowest BCUT2D eigenvalue weighted by Crippen LogP contribution is -2.34. The standard InChI is InChI=1S/C13H19BrN2O3/c1-2-10(5-6-17)7-15-12(18)9-16-8-11(14)3-4-13(16)19/h3-4,8,10,17H,2,5-7,9H2,1H3,(H,15,18). The van der Waals surface area contributed by atoms with Gasteiger partial charge in [-0.05, 0) is 34.3 Å². The first kappa shape index (κ1) is 15.9. The maximum Gasteiger partial charge on any atom is 0.251 e. The highest BCUT2D eigenvalue weighted by atomic mass is 79.9. The molecule has 0 radical (unpaired) electrons. The molecular formula is C13H19BrN2O3. The molecule has 5 nitrogen and oxygen atoms in total. The van der Waals surface area contributed by atoms with Gasteiger partial charge in [0, 0.05) is 29.9 Å². The van der Waals surface area contributed by atoms with E-state index in [-0.39, 0.29) is 30.5 Å². The van der Waals surface area contributed by atoms with Crippen molar-refractivity contribution in [3.05, 3.63) is 33.2 Å². The molecule has 0 saturated heterocycles. The summed E-state index contributed by atoms with van der Waals surface area (Å²) < 4.78 is 2.11. The Labute approximate surface area is 120 Å². The lowest BCUT2D eigenvalue weighted by atomic mass is 10.0. The molecule has 0 fully saturated rings. The Bertz CT molecular complexity index is 473. The number of carbonyl (C=O) groups is 1. The van der Waals surface area contributed by atoms with Crippen molar-refractivity contribution in [1.82, 2.24) is 9.88 Å². The topological polar surface area (TPSA) is 71.3 Å². The smallest absolute Gasteiger partial charge is 0.251 e. The van der Waals surface area contributed by atoms with Crippen LogP contribution in [-0.2, 0) is 11.3 Å². The van der Waals surface area contributed by atoms with Crippen LogP contribution in [-0.4, -0.2) is 28.7 Å². The maximum atomic E-state index is 11.8. The molecule has 0 aliphatic heterocycles. The summed E-state index contributed by atoms with van der Waals surface area (Å²) in [4.78, 5) is 23.3. The summed E-state index contributed by atoms with van der Waals surface area (Å²) in [6.07, 6.45) is 3.16. The number of aliphatic hydroxyl groups excluding tert-OH is 1. The van der Waals surface area contributed by atoms with Gasteiger partial charge in [0.2, 0.25) is 5.91 Å². The Balaban J connectivity index is 2.51. The quantitative estimate of drug-likeness (QED) is 0.787. The predicted molar refractivity (Wildman–Crippen MR) is 76.9 cm³/mol. The monoisotopic (exact) mass is 330 g/mol. The molecule has 1 aromatic rings. The summed E-state index contributed by atoms with van der Waals surface area (Å²) >= 11 is 3.26. The number of halogens is 1. The lowest BCUT2D eigenvalue weighted by molar-refractivity contribution is -0.121. The second-order valence-electron chi connectivity index (χ2n) is 4.40. The number of hydrogen-bond donors (Lipinski definition) is 2. The van der Waals surface area contributed by atoms with Crippen LogP contribution in [0.1, 0.15) is 19.8 Å². The molecular weight excluding hydrogens is 312 g/mol. The zero-order valence-corrected chi connectivity index (χ0v) is 12.5. The minimum atomic E-state index is -0.208. The third-order valence-electron chi connectivity index (χ3n) is 2.96. The van der Waals surface area contributed by atoms with Crippen LogP contribution in [0, 0.1) is 5.92 Å². The van der Waals surface area contributed by atoms with Crippen molar-refractivity contribution in [2.45, 2.75) is 26.3 Å². The number of carbonyl (C=O) groups excluding carboxylic acids is 1. The van der Waals surface area contributed by atoms with Crippen LogP contribution in [0.2, 0.25) is 0 Å². The van der Waals surface area contributed by atoms with Gasteiger partial charge in [0.05, 0.1) is 0 Å². The second-order valence-corrected chi connectivity index (χ2v) is 5.32. The van der Waals surface area contributed by atoms with Crippen LogP contribution in [0.3, 0.4) is 0 Å². The van der Waals surface area contributed by atoms with E-state index in [9.17, 15) is 9.59 Å². The Morgan fingerprint density at radius 3 is 2.89 bits per heavy atom. The van der Waals surface area contributed by atoms with Crippen molar-refractivity contribution in [1.29, 1.82) is 0 Å². The molecule has 1 amide bonds. The Morgan fingerprint density at radius 1 is 1.53 bits per heavy atom. The van der Waals surface area contributed by atoms with E-state index in [1.54, 1.807) is 12.3 Å². The average Bonchev–Trinajstić information content (AvgIpc) is 2.39. The van der Waals surface area contributed by atoms with Crippen LogP contribution in [0.15, 0.2) is 27.6 Å². The highest BCUT2D eigenvalue weighted by molar-refractivity contribution is 9.10. The minimum Gasteiger partial charge on any atom is -0.396 e. The van der Waals surface area contributed by atoms with Gasteiger partial charge >= 0.3 is 0 Å². The molecule has 19 heavy (non-hydrogen) atoms. The number of hydrogen-bond acceptors (Lipinski definition) is 3. The molecule has 1 unspecified atom stereocenters. The maximum absolute atomic E-state index is 11.8. The van der Waals surface area contributed by atoms with Crippen LogP contribution < -0.4 is 10.9 Å². The highest BCUT2D eigenvalue weighted by Gasteiger charge is 2.09. The summed E-state index contributed by atoms with van der Waals surface area (Å²) in [6.45, 7) is 2.68. The highest BCUT2D eigenvalue weighted by Crippen LogP contribution is 2.06. The molecule has 6 heteroatoms. The normalized spacial score (nSPS) is 12.2. The molecule has 106 valence electrons. The van der Waals surface area contributed by atoms with Gasteiger partial charge in [0.1, 0.15) is 6.54 Å². The van der Waals surface area contributed by atoms with Gasteiger partial charge in [-0.25, -0.2) is 0 Å². The van der Waals surface area contributed by atoms with Gasteiger partial charge in [-0.3, -0.25) is 9.59 Å². The molecule has 1 atom stereocenters. The molecule has 0 bridgehead atoms. The summed E-state index contributed by atoms with van der Waals surface area (Å²) in [5.41, 5.74) is -0.208. The van der Waals surface area contributed by atoms with E-state index in [1.165, 1.54) is 10.6 Å². The number of nitrogens with one attached hydrogen (secondary N) is 1. The van der Waals surface area contributed by atoms with Crippen molar-refractivity contribution in [3.63, 3.8) is 0 Å². The van der Waals surface area contributed by atoms with Crippen molar-refractivity contribution >= 4 is 21.8 Å². The van der Waals surface area contributed by atoms with Gasteiger partial charge in [-0.2, -0.15) is 0 Å². The van der Waals surface area contributed by atoms with E-state index >= 15 is 0 Å².